The summed E-state index contributed by atoms with van der Waals surface area (Å²) >= 11 is 6.79. The van der Waals surface area contributed by atoms with Crippen molar-refractivity contribution < 1.29 is 18.7 Å². The van der Waals surface area contributed by atoms with Crippen LogP contribution in [0.15, 0.2) is 29.6 Å². The first-order valence-corrected chi connectivity index (χ1v) is 8.29. The maximum atomic E-state index is 13.1. The van der Waals surface area contributed by atoms with E-state index in [9.17, 15) is 14.0 Å². The van der Waals surface area contributed by atoms with Crippen molar-refractivity contribution in [1.82, 2.24) is 0 Å². The van der Waals surface area contributed by atoms with Crippen LogP contribution in [0.2, 0.25) is 0 Å². The summed E-state index contributed by atoms with van der Waals surface area (Å²) in [6.45, 7) is 0. The van der Waals surface area contributed by atoms with E-state index in [1.54, 1.807) is 17.5 Å². The predicted molar refractivity (Wildman–Crippen MR) is 89.6 cm³/mol. The van der Waals surface area contributed by atoms with Crippen LogP contribution >= 0.6 is 22.9 Å². The highest BCUT2D eigenvalue weighted by atomic mass is 35.5. The Labute approximate surface area is 142 Å². The zero-order valence-corrected chi connectivity index (χ0v) is 14.0. The number of benzene rings is 1. The fourth-order valence-electron chi connectivity index (χ4n) is 2.01. The van der Waals surface area contributed by atoms with Gasteiger partial charge in [0.2, 0.25) is 5.91 Å². The van der Waals surface area contributed by atoms with Crippen LogP contribution in [-0.4, -0.2) is 24.9 Å². The van der Waals surface area contributed by atoms with Gasteiger partial charge >= 0.3 is 5.97 Å². The third kappa shape index (κ3) is 4.30. The van der Waals surface area contributed by atoms with Crippen molar-refractivity contribution in [3.05, 3.63) is 41.0 Å². The lowest BCUT2D eigenvalue weighted by atomic mass is 10.0. The SMILES string of the molecule is COC(=O)c1c(-c2ccc(F)cc2)csc1NC(=O)CCCCl. The molecule has 1 amide bonds. The molecule has 0 spiro atoms. The first kappa shape index (κ1) is 17.4. The molecule has 0 atom stereocenters. The van der Waals surface area contributed by atoms with Crippen molar-refractivity contribution in [1.29, 1.82) is 0 Å². The van der Waals surface area contributed by atoms with Crippen LogP contribution in [0, 0.1) is 5.82 Å². The summed E-state index contributed by atoms with van der Waals surface area (Å²) in [6, 6.07) is 5.77. The van der Waals surface area contributed by atoms with Crippen LogP contribution < -0.4 is 5.32 Å². The van der Waals surface area contributed by atoms with Gasteiger partial charge in [-0.25, -0.2) is 9.18 Å². The standard InChI is InChI=1S/C16H15ClFNO3S/c1-22-16(21)14-12(10-4-6-11(18)7-5-10)9-23-15(14)19-13(20)3-2-8-17/h4-7,9H,2-3,8H2,1H3,(H,19,20). The quantitative estimate of drug-likeness (QED) is 0.621. The molecule has 0 aliphatic heterocycles. The zero-order valence-electron chi connectivity index (χ0n) is 12.4. The fraction of sp³-hybridized carbons (Fsp3) is 0.250. The number of carbonyl (C=O) groups is 2. The molecule has 0 bridgehead atoms. The van der Waals surface area contributed by atoms with Crippen molar-refractivity contribution in [3.63, 3.8) is 0 Å². The molecule has 2 aromatic rings. The molecular formula is C16H15ClFNO3S. The average molecular weight is 356 g/mol. The van der Waals surface area contributed by atoms with Crippen molar-refractivity contribution in [3.8, 4) is 11.1 Å². The van der Waals surface area contributed by atoms with Gasteiger partial charge in [-0.2, -0.15) is 0 Å². The summed E-state index contributed by atoms with van der Waals surface area (Å²) in [7, 11) is 1.27. The maximum Gasteiger partial charge on any atom is 0.341 e. The van der Waals surface area contributed by atoms with E-state index < -0.39 is 5.97 Å². The minimum Gasteiger partial charge on any atom is -0.465 e. The molecule has 1 aromatic carbocycles. The number of carbonyl (C=O) groups excluding carboxylic acids is 2. The normalized spacial score (nSPS) is 10.4. The number of ether oxygens (including phenoxy) is 1. The second kappa shape index (κ2) is 8.08. The van der Waals surface area contributed by atoms with Crippen LogP contribution in [0.5, 0.6) is 0 Å². The Morgan fingerprint density at radius 3 is 2.61 bits per heavy atom. The third-order valence-corrected chi connectivity index (χ3v) is 4.29. The Morgan fingerprint density at radius 1 is 1.30 bits per heavy atom. The van der Waals surface area contributed by atoms with Crippen molar-refractivity contribution in [2.75, 3.05) is 18.3 Å². The number of thiophene rings is 1. The van der Waals surface area contributed by atoms with Gasteiger partial charge in [-0.05, 0) is 24.1 Å². The third-order valence-electron chi connectivity index (χ3n) is 3.13. The Balaban J connectivity index is 2.35. The van der Waals surface area contributed by atoms with E-state index >= 15 is 0 Å². The second-order valence-electron chi connectivity index (χ2n) is 4.69. The zero-order chi connectivity index (χ0) is 16.8. The van der Waals surface area contributed by atoms with Crippen molar-refractivity contribution in [2.45, 2.75) is 12.8 Å². The first-order chi connectivity index (χ1) is 11.1. The van der Waals surface area contributed by atoms with Crippen LogP contribution in [0.3, 0.4) is 0 Å². The van der Waals surface area contributed by atoms with Gasteiger partial charge < -0.3 is 10.1 Å². The second-order valence-corrected chi connectivity index (χ2v) is 5.95. The Hall–Kier alpha value is -1.92. The minimum atomic E-state index is -0.557. The molecular weight excluding hydrogens is 341 g/mol. The molecule has 2 rings (SSSR count). The molecule has 1 aromatic heterocycles. The van der Waals surface area contributed by atoms with Crippen molar-refractivity contribution in [2.24, 2.45) is 0 Å². The van der Waals surface area contributed by atoms with Crippen LogP contribution in [-0.2, 0) is 9.53 Å². The summed E-state index contributed by atoms with van der Waals surface area (Å²) in [5.41, 5.74) is 1.53. The van der Waals surface area contributed by atoms with Gasteiger partial charge in [0.25, 0.3) is 0 Å². The topological polar surface area (TPSA) is 55.4 Å². The molecule has 1 heterocycles. The first-order valence-electron chi connectivity index (χ1n) is 6.88. The number of nitrogens with one attached hydrogen (secondary N) is 1. The highest BCUT2D eigenvalue weighted by molar-refractivity contribution is 7.15. The summed E-state index contributed by atoms with van der Waals surface area (Å²) in [6.07, 6.45) is 0.824. The lowest BCUT2D eigenvalue weighted by Crippen LogP contribution is -2.13. The Morgan fingerprint density at radius 2 is 2.00 bits per heavy atom. The molecule has 0 saturated heterocycles. The number of amides is 1. The molecule has 0 radical (unpaired) electrons. The summed E-state index contributed by atoms with van der Waals surface area (Å²) in [5, 5.41) is 4.85. The van der Waals surface area contributed by atoms with Crippen LogP contribution in [0.25, 0.3) is 11.1 Å². The molecule has 0 aliphatic rings. The number of rotatable bonds is 6. The van der Waals surface area contributed by atoms with Gasteiger partial charge in [-0.15, -0.1) is 22.9 Å². The van der Waals surface area contributed by atoms with Crippen LogP contribution in [0.1, 0.15) is 23.2 Å². The number of alkyl halides is 1. The van der Waals surface area contributed by atoms with E-state index in [1.165, 1.54) is 30.6 Å². The highest BCUT2D eigenvalue weighted by Crippen LogP contribution is 2.36. The Bertz CT molecular complexity index is 700. The van der Waals surface area contributed by atoms with Gasteiger partial charge in [-0.1, -0.05) is 12.1 Å². The van der Waals surface area contributed by atoms with Gasteiger partial charge in [0.15, 0.2) is 0 Å². The van der Waals surface area contributed by atoms with E-state index in [2.05, 4.69) is 5.32 Å². The van der Waals surface area contributed by atoms with Crippen LogP contribution in [0.4, 0.5) is 9.39 Å². The van der Waals surface area contributed by atoms with E-state index in [1.807, 2.05) is 0 Å². The van der Waals surface area contributed by atoms with Gasteiger partial charge in [-0.3, -0.25) is 4.79 Å². The molecule has 23 heavy (non-hydrogen) atoms. The smallest absolute Gasteiger partial charge is 0.341 e. The average Bonchev–Trinajstić information content (AvgIpc) is 2.96. The monoisotopic (exact) mass is 355 g/mol. The minimum absolute atomic E-state index is 0.219. The number of methoxy groups -OCH3 is 1. The molecule has 0 aliphatic carbocycles. The molecule has 0 fully saturated rings. The van der Waals surface area contributed by atoms with E-state index in [-0.39, 0.29) is 23.7 Å². The van der Waals surface area contributed by atoms with Gasteiger partial charge in [0.05, 0.1) is 7.11 Å². The maximum absolute atomic E-state index is 13.1. The largest absolute Gasteiger partial charge is 0.465 e. The molecule has 122 valence electrons. The fourth-order valence-corrected chi connectivity index (χ4v) is 3.12. The molecule has 4 nitrogen and oxygen atoms in total. The number of hydrogen-bond acceptors (Lipinski definition) is 4. The number of hydrogen-bond donors (Lipinski definition) is 1. The van der Waals surface area contributed by atoms with E-state index in [0.717, 1.165) is 0 Å². The molecule has 7 heteroatoms. The number of anilines is 1. The number of halogens is 2. The summed E-state index contributed by atoms with van der Waals surface area (Å²) in [5.74, 6) is -0.748. The van der Waals surface area contributed by atoms with Gasteiger partial charge in [0.1, 0.15) is 16.4 Å². The van der Waals surface area contributed by atoms with E-state index in [0.29, 0.717) is 28.4 Å². The molecule has 0 saturated carbocycles. The lowest BCUT2D eigenvalue weighted by molar-refractivity contribution is -0.116. The molecule has 0 unspecified atom stereocenters. The lowest BCUT2D eigenvalue weighted by Gasteiger charge is -2.07. The number of esters is 1. The predicted octanol–water partition coefficient (Wildman–Crippen LogP) is 4.30. The Kier molecular flexibility index (Phi) is 6.12. The summed E-state index contributed by atoms with van der Waals surface area (Å²) in [4.78, 5) is 24.0. The molecule has 1 N–H and O–H groups in total. The highest BCUT2D eigenvalue weighted by Gasteiger charge is 2.22. The summed E-state index contributed by atoms with van der Waals surface area (Å²) < 4.78 is 17.9. The van der Waals surface area contributed by atoms with E-state index in [4.69, 9.17) is 16.3 Å². The van der Waals surface area contributed by atoms with Crippen molar-refractivity contribution >= 4 is 39.8 Å². The van der Waals surface area contributed by atoms with Gasteiger partial charge in [0, 0.05) is 23.2 Å².